The minimum atomic E-state index is -0.974. The minimum absolute atomic E-state index is 0.236. The van der Waals surface area contributed by atoms with Crippen LogP contribution in [0.4, 0.5) is 0 Å². The molecular weight excluding hydrogens is 490 g/mol. The number of nitrogens with one attached hydrogen (secondary N) is 2. The summed E-state index contributed by atoms with van der Waals surface area (Å²) in [7, 11) is 1.31. The van der Waals surface area contributed by atoms with Crippen molar-refractivity contribution in [2.24, 2.45) is 0 Å². The van der Waals surface area contributed by atoms with Gasteiger partial charge in [-0.1, -0.05) is 74.5 Å². The standard InChI is InChI=1S/C32H29N3O4/c1-18(2)19-12-14-20(15-13-19)29-28-23(21-8-5-7-11-26(21)34-28)16-27(32(38)39-3)35(29)31(37)30(36)24-17-33-25-10-6-4-9-22(24)25/h4-15,17-18,27,29,33-34H,16H2,1-3H3/t27-,29+/m1/s1. The van der Waals surface area contributed by atoms with E-state index >= 15 is 0 Å². The third-order valence-corrected chi connectivity index (χ3v) is 7.79. The number of ether oxygens (including phenoxy) is 1. The molecular formula is C32H29N3O4. The molecule has 2 N–H and O–H groups in total. The Morgan fingerprint density at radius 1 is 0.897 bits per heavy atom. The summed E-state index contributed by atoms with van der Waals surface area (Å²) in [5.74, 6) is -1.66. The minimum Gasteiger partial charge on any atom is -0.467 e. The third kappa shape index (κ3) is 4.02. The number of H-pyrrole nitrogens is 2. The maximum absolute atomic E-state index is 14.2. The summed E-state index contributed by atoms with van der Waals surface area (Å²) in [4.78, 5) is 49.2. The van der Waals surface area contributed by atoms with Gasteiger partial charge < -0.3 is 19.6 Å². The first-order chi connectivity index (χ1) is 18.9. The highest BCUT2D eigenvalue weighted by Crippen LogP contribution is 2.42. The van der Waals surface area contributed by atoms with Gasteiger partial charge in [0.05, 0.1) is 18.7 Å². The Hall–Kier alpha value is -4.65. The maximum Gasteiger partial charge on any atom is 0.328 e. The van der Waals surface area contributed by atoms with Gasteiger partial charge in [-0.15, -0.1) is 0 Å². The van der Waals surface area contributed by atoms with E-state index in [0.717, 1.165) is 38.8 Å². The number of Topliss-reactive ketones (excluding diaryl/α,β-unsaturated/α-hetero) is 1. The Bertz CT molecular complexity index is 1730. The highest BCUT2D eigenvalue weighted by Gasteiger charge is 2.46. The molecule has 2 aromatic heterocycles. The predicted octanol–water partition coefficient (Wildman–Crippen LogP) is 5.67. The summed E-state index contributed by atoms with van der Waals surface area (Å²) in [6.07, 6.45) is 1.79. The molecule has 2 atom stereocenters. The molecule has 0 saturated heterocycles. The first-order valence-electron chi connectivity index (χ1n) is 13.1. The highest BCUT2D eigenvalue weighted by molar-refractivity contribution is 6.45. The number of para-hydroxylation sites is 2. The predicted molar refractivity (Wildman–Crippen MR) is 150 cm³/mol. The van der Waals surface area contributed by atoms with Crippen LogP contribution in [0.3, 0.4) is 0 Å². The lowest BCUT2D eigenvalue weighted by Gasteiger charge is -2.40. The fraction of sp³-hybridized carbons (Fsp3) is 0.219. The van der Waals surface area contributed by atoms with Gasteiger partial charge in [-0.25, -0.2) is 4.79 Å². The Morgan fingerprint density at radius 3 is 2.26 bits per heavy atom. The lowest BCUT2D eigenvalue weighted by molar-refractivity contribution is -0.153. The number of aromatic nitrogens is 2. The van der Waals surface area contributed by atoms with Crippen LogP contribution in [0.1, 0.15) is 58.5 Å². The Labute approximate surface area is 225 Å². The van der Waals surface area contributed by atoms with Crippen LogP contribution in [0.25, 0.3) is 21.8 Å². The van der Waals surface area contributed by atoms with E-state index in [0.29, 0.717) is 11.3 Å². The smallest absolute Gasteiger partial charge is 0.328 e. The molecule has 0 bridgehead atoms. The second-order valence-electron chi connectivity index (χ2n) is 10.3. The molecule has 7 heteroatoms. The van der Waals surface area contributed by atoms with E-state index in [1.807, 2.05) is 66.7 Å². The van der Waals surface area contributed by atoms with Crippen LogP contribution in [-0.4, -0.2) is 45.7 Å². The number of hydrogen-bond donors (Lipinski definition) is 2. The number of hydrogen-bond acceptors (Lipinski definition) is 4. The lowest BCUT2D eigenvalue weighted by atomic mass is 9.86. The molecule has 5 aromatic rings. The van der Waals surface area contributed by atoms with E-state index in [-0.39, 0.29) is 12.0 Å². The van der Waals surface area contributed by atoms with Crippen molar-refractivity contribution in [3.05, 3.63) is 107 Å². The van der Waals surface area contributed by atoms with Gasteiger partial charge in [0.1, 0.15) is 6.04 Å². The second kappa shape index (κ2) is 9.58. The van der Waals surface area contributed by atoms with Gasteiger partial charge in [0, 0.05) is 40.1 Å². The van der Waals surface area contributed by atoms with E-state index in [1.165, 1.54) is 12.0 Å². The van der Waals surface area contributed by atoms with Crippen LogP contribution in [0.5, 0.6) is 0 Å². The van der Waals surface area contributed by atoms with Gasteiger partial charge in [-0.2, -0.15) is 0 Å². The molecule has 1 aliphatic heterocycles. The first kappa shape index (κ1) is 24.7. The number of benzene rings is 3. The van der Waals surface area contributed by atoms with Crippen molar-refractivity contribution >= 4 is 39.5 Å². The number of ketones is 1. The van der Waals surface area contributed by atoms with E-state index in [9.17, 15) is 14.4 Å². The van der Waals surface area contributed by atoms with Crippen molar-refractivity contribution in [2.75, 3.05) is 7.11 Å². The van der Waals surface area contributed by atoms with Crippen molar-refractivity contribution in [3.63, 3.8) is 0 Å². The van der Waals surface area contributed by atoms with Crippen LogP contribution >= 0.6 is 0 Å². The van der Waals surface area contributed by atoms with Crippen molar-refractivity contribution < 1.29 is 19.1 Å². The number of carbonyl (C=O) groups is 3. The SMILES string of the molecule is COC(=O)[C@H]1Cc2c([nH]c3ccccc23)[C@H](c2ccc(C(C)C)cc2)N1C(=O)C(=O)c1c[nH]c2ccccc12. The van der Waals surface area contributed by atoms with Gasteiger partial charge in [0.2, 0.25) is 0 Å². The fourth-order valence-electron chi connectivity index (χ4n) is 5.76. The monoisotopic (exact) mass is 519 g/mol. The summed E-state index contributed by atoms with van der Waals surface area (Å²) >= 11 is 0. The average molecular weight is 520 g/mol. The summed E-state index contributed by atoms with van der Waals surface area (Å²) in [5, 5.41) is 1.65. The van der Waals surface area contributed by atoms with Crippen LogP contribution in [0.15, 0.2) is 79.0 Å². The molecule has 1 amide bonds. The number of carbonyl (C=O) groups excluding carboxylic acids is 3. The number of nitrogens with zero attached hydrogens (tertiary/aromatic N) is 1. The molecule has 196 valence electrons. The van der Waals surface area contributed by atoms with Gasteiger partial charge in [0.15, 0.2) is 0 Å². The van der Waals surface area contributed by atoms with Crippen molar-refractivity contribution in [1.29, 1.82) is 0 Å². The van der Waals surface area contributed by atoms with E-state index in [1.54, 1.807) is 12.3 Å². The van der Waals surface area contributed by atoms with Crippen LogP contribution in [0, 0.1) is 0 Å². The number of rotatable bonds is 5. The molecule has 3 aromatic carbocycles. The molecule has 0 aliphatic carbocycles. The van der Waals surface area contributed by atoms with E-state index < -0.39 is 29.7 Å². The zero-order valence-electron chi connectivity index (χ0n) is 22.0. The Balaban J connectivity index is 1.54. The molecule has 39 heavy (non-hydrogen) atoms. The summed E-state index contributed by atoms with van der Waals surface area (Å²) < 4.78 is 5.19. The Kier molecular flexibility index (Phi) is 6.06. The molecule has 6 rings (SSSR count). The van der Waals surface area contributed by atoms with E-state index in [2.05, 4.69) is 23.8 Å². The highest BCUT2D eigenvalue weighted by atomic mass is 16.5. The normalized spacial score (nSPS) is 17.0. The Morgan fingerprint density at radius 2 is 1.56 bits per heavy atom. The third-order valence-electron chi connectivity index (χ3n) is 7.79. The zero-order valence-corrected chi connectivity index (χ0v) is 22.0. The fourth-order valence-corrected chi connectivity index (χ4v) is 5.76. The number of esters is 1. The van der Waals surface area contributed by atoms with Gasteiger partial charge in [0.25, 0.3) is 11.7 Å². The maximum atomic E-state index is 14.2. The van der Waals surface area contributed by atoms with Crippen LogP contribution in [0.2, 0.25) is 0 Å². The molecule has 0 radical (unpaired) electrons. The molecule has 0 spiro atoms. The van der Waals surface area contributed by atoms with Gasteiger partial charge in [-0.05, 0) is 34.7 Å². The lowest BCUT2D eigenvalue weighted by Crippen LogP contribution is -2.53. The zero-order chi connectivity index (χ0) is 27.3. The van der Waals surface area contributed by atoms with E-state index in [4.69, 9.17) is 4.74 Å². The largest absolute Gasteiger partial charge is 0.467 e. The summed E-state index contributed by atoms with van der Waals surface area (Å²) in [6, 6.07) is 21.6. The molecule has 0 saturated carbocycles. The molecule has 0 fully saturated rings. The number of methoxy groups -OCH3 is 1. The number of fused-ring (bicyclic) bond motifs is 4. The molecule has 3 heterocycles. The summed E-state index contributed by atoms with van der Waals surface area (Å²) in [6.45, 7) is 4.24. The molecule has 1 aliphatic rings. The molecule has 0 unspecified atom stereocenters. The average Bonchev–Trinajstić information content (AvgIpc) is 3.56. The van der Waals surface area contributed by atoms with Crippen LogP contribution in [-0.2, 0) is 20.7 Å². The topological polar surface area (TPSA) is 95.3 Å². The van der Waals surface area contributed by atoms with Crippen molar-refractivity contribution in [1.82, 2.24) is 14.9 Å². The van der Waals surface area contributed by atoms with Crippen molar-refractivity contribution in [3.8, 4) is 0 Å². The van der Waals surface area contributed by atoms with Gasteiger partial charge >= 0.3 is 5.97 Å². The second-order valence-corrected chi connectivity index (χ2v) is 10.3. The quantitative estimate of drug-likeness (QED) is 0.178. The van der Waals surface area contributed by atoms with Crippen LogP contribution < -0.4 is 0 Å². The van der Waals surface area contributed by atoms with Gasteiger partial charge in [-0.3, -0.25) is 9.59 Å². The summed E-state index contributed by atoms with van der Waals surface area (Å²) in [5.41, 5.74) is 5.65. The molecule has 7 nitrogen and oxygen atoms in total. The number of amides is 1. The van der Waals surface area contributed by atoms with Crippen molar-refractivity contribution in [2.45, 2.75) is 38.3 Å². The number of aromatic amines is 2. The first-order valence-corrected chi connectivity index (χ1v) is 13.1.